The van der Waals surface area contributed by atoms with Crippen LogP contribution in [-0.4, -0.2) is 17.0 Å². The molecule has 51 heavy (non-hydrogen) atoms. The maximum atomic E-state index is 5.24. The van der Waals surface area contributed by atoms with Gasteiger partial charge in [-0.05, 0) is 64.4 Å². The van der Waals surface area contributed by atoms with Crippen LogP contribution in [0.25, 0.3) is 55.4 Å². The van der Waals surface area contributed by atoms with Gasteiger partial charge in [-0.3, -0.25) is 9.98 Å². The molecule has 0 atom stereocenters. The van der Waals surface area contributed by atoms with Crippen molar-refractivity contribution >= 4 is 39.9 Å². The van der Waals surface area contributed by atoms with Gasteiger partial charge in [-0.2, -0.15) is 0 Å². The zero-order valence-electron chi connectivity index (χ0n) is 28.2. The summed E-state index contributed by atoms with van der Waals surface area (Å²) in [4.78, 5) is 9.87. The third-order valence-electron chi connectivity index (χ3n) is 10.0. The van der Waals surface area contributed by atoms with Gasteiger partial charge in [-0.15, -0.1) is 0 Å². The first-order chi connectivity index (χ1) is 25.2. The summed E-state index contributed by atoms with van der Waals surface area (Å²) in [6.07, 6.45) is 0.741. The van der Waals surface area contributed by atoms with E-state index in [1.54, 1.807) is 0 Å². The minimum absolute atomic E-state index is 0.600. The van der Waals surface area contributed by atoms with Crippen molar-refractivity contribution in [1.82, 2.24) is 4.57 Å². The summed E-state index contributed by atoms with van der Waals surface area (Å²) in [7, 11) is 0. The molecule has 0 saturated carbocycles. The van der Waals surface area contributed by atoms with E-state index in [0.717, 1.165) is 40.2 Å². The highest BCUT2D eigenvalue weighted by molar-refractivity contribution is 6.20. The van der Waals surface area contributed by atoms with Gasteiger partial charge < -0.3 is 4.57 Å². The lowest BCUT2D eigenvalue weighted by Crippen LogP contribution is -2.03. The highest BCUT2D eigenvalue weighted by Gasteiger charge is 2.27. The van der Waals surface area contributed by atoms with Gasteiger partial charge in [-0.1, -0.05) is 152 Å². The van der Waals surface area contributed by atoms with Gasteiger partial charge in [0.15, 0.2) is 0 Å². The Balaban J connectivity index is 1.09. The molecule has 1 aromatic heterocycles. The summed E-state index contributed by atoms with van der Waals surface area (Å²) in [6, 6.07) is 62.6. The quantitative estimate of drug-likeness (QED) is 0.153. The molecule has 1 heterocycles. The van der Waals surface area contributed by atoms with Crippen LogP contribution in [0, 0.1) is 0 Å². The molecule has 3 nitrogen and oxygen atoms in total. The molecule has 0 amide bonds. The molecule has 0 bridgehead atoms. The minimum Gasteiger partial charge on any atom is -0.309 e. The lowest BCUT2D eigenvalue weighted by Gasteiger charge is -2.10. The summed E-state index contributed by atoms with van der Waals surface area (Å²) in [6.45, 7) is 4.65. The first-order valence-corrected chi connectivity index (χ1v) is 17.4. The highest BCUT2D eigenvalue weighted by atomic mass is 15.0. The molecule has 0 fully saturated rings. The van der Waals surface area contributed by atoms with E-state index in [1.807, 2.05) is 12.1 Å². The largest absolute Gasteiger partial charge is 0.309 e. The topological polar surface area (TPSA) is 29.6 Å². The van der Waals surface area contributed by atoms with Crippen molar-refractivity contribution in [1.29, 1.82) is 0 Å². The van der Waals surface area contributed by atoms with Crippen LogP contribution in [0.5, 0.6) is 0 Å². The fourth-order valence-corrected chi connectivity index (χ4v) is 7.53. The van der Waals surface area contributed by atoms with Gasteiger partial charge in [0.05, 0.1) is 29.0 Å². The van der Waals surface area contributed by atoms with Crippen LogP contribution in [0.15, 0.2) is 191 Å². The summed E-state index contributed by atoms with van der Waals surface area (Å²) < 4.78 is 2.36. The number of benzene rings is 7. The van der Waals surface area contributed by atoms with Crippen molar-refractivity contribution < 1.29 is 0 Å². The Morgan fingerprint density at radius 3 is 1.76 bits per heavy atom. The molecule has 0 spiro atoms. The highest BCUT2D eigenvalue weighted by Crippen LogP contribution is 2.37. The normalized spacial score (nSPS) is 14.2. The number of aliphatic imine (C=N–C) groups is 2. The van der Waals surface area contributed by atoms with Crippen molar-refractivity contribution in [2.24, 2.45) is 9.98 Å². The third-order valence-corrected chi connectivity index (χ3v) is 10.0. The van der Waals surface area contributed by atoms with E-state index in [2.05, 4.69) is 180 Å². The van der Waals surface area contributed by atoms with E-state index in [-0.39, 0.29) is 0 Å². The van der Waals surface area contributed by atoms with Crippen molar-refractivity contribution in [2.45, 2.75) is 13.0 Å². The fraction of sp³-hybridized carbons (Fsp3) is 0.0417. The standard InChI is InChI=1S/C48H35N3/c1-49-47(37-22-20-35(21-23-37)34-14-6-3-7-15-34)44-31-39-30-38(26-29-41(39)48(44)50-32-33-12-4-2-5-13-33)36-24-27-40(28-25-36)51-45-18-10-8-16-42(45)43-17-9-11-19-46(43)51/h2-30H,1,31-32H2/b47-44-,50-48?. The summed E-state index contributed by atoms with van der Waals surface area (Å²) >= 11 is 0. The van der Waals surface area contributed by atoms with Crippen LogP contribution in [0.3, 0.4) is 0 Å². The van der Waals surface area contributed by atoms with Crippen LogP contribution in [0.4, 0.5) is 0 Å². The van der Waals surface area contributed by atoms with Gasteiger partial charge in [0.25, 0.3) is 0 Å². The zero-order valence-corrected chi connectivity index (χ0v) is 28.2. The van der Waals surface area contributed by atoms with Gasteiger partial charge in [-0.25, -0.2) is 0 Å². The van der Waals surface area contributed by atoms with Crippen LogP contribution >= 0.6 is 0 Å². The van der Waals surface area contributed by atoms with Crippen LogP contribution in [0.2, 0.25) is 0 Å². The molecule has 0 saturated heterocycles. The molecule has 3 heteroatoms. The Morgan fingerprint density at radius 2 is 1.10 bits per heavy atom. The molecule has 1 aliphatic rings. The van der Waals surface area contributed by atoms with E-state index in [0.29, 0.717) is 6.54 Å². The molecular formula is C48H35N3. The Morgan fingerprint density at radius 1 is 0.549 bits per heavy atom. The number of nitrogens with zero attached hydrogens (tertiary/aromatic N) is 3. The molecular weight excluding hydrogens is 619 g/mol. The van der Waals surface area contributed by atoms with Gasteiger partial charge in [0.2, 0.25) is 0 Å². The Kier molecular flexibility index (Phi) is 7.79. The van der Waals surface area contributed by atoms with Crippen LogP contribution in [-0.2, 0) is 13.0 Å². The molecule has 0 unspecified atom stereocenters. The summed E-state index contributed by atoms with van der Waals surface area (Å²) in [5.41, 5.74) is 15.9. The first kappa shape index (κ1) is 30.5. The molecule has 7 aromatic carbocycles. The van der Waals surface area contributed by atoms with E-state index >= 15 is 0 Å². The molecule has 8 aromatic rings. The zero-order chi connectivity index (χ0) is 34.1. The summed E-state index contributed by atoms with van der Waals surface area (Å²) in [5.74, 6) is 0. The van der Waals surface area contributed by atoms with Gasteiger partial charge in [0.1, 0.15) is 0 Å². The van der Waals surface area contributed by atoms with Crippen LogP contribution < -0.4 is 0 Å². The number of hydrogen-bond donors (Lipinski definition) is 0. The lowest BCUT2D eigenvalue weighted by molar-refractivity contribution is 1.07. The monoisotopic (exact) mass is 653 g/mol. The number of aromatic nitrogens is 1. The molecule has 9 rings (SSSR count). The number of hydrogen-bond acceptors (Lipinski definition) is 2. The van der Waals surface area contributed by atoms with Crippen LogP contribution in [0.1, 0.15) is 22.3 Å². The Hall–Kier alpha value is -6.58. The fourth-order valence-electron chi connectivity index (χ4n) is 7.53. The Bertz CT molecular complexity index is 2550. The minimum atomic E-state index is 0.600. The average molecular weight is 654 g/mol. The van der Waals surface area contributed by atoms with E-state index in [1.165, 1.54) is 55.2 Å². The lowest BCUT2D eigenvalue weighted by atomic mass is 9.99. The number of allylic oxidation sites excluding steroid dienone is 1. The maximum Gasteiger partial charge on any atom is 0.0751 e. The van der Waals surface area contributed by atoms with Gasteiger partial charge >= 0.3 is 0 Å². The van der Waals surface area contributed by atoms with Crippen molar-refractivity contribution in [3.05, 3.63) is 204 Å². The van der Waals surface area contributed by atoms with Crippen molar-refractivity contribution in [2.75, 3.05) is 0 Å². The maximum absolute atomic E-state index is 5.24. The van der Waals surface area contributed by atoms with Gasteiger partial charge in [0, 0.05) is 39.6 Å². The second kappa shape index (κ2) is 13.0. The number of para-hydroxylation sites is 2. The average Bonchev–Trinajstić information content (AvgIpc) is 3.73. The number of rotatable bonds is 7. The smallest absolute Gasteiger partial charge is 0.0751 e. The second-order valence-corrected chi connectivity index (χ2v) is 13.0. The predicted molar refractivity (Wildman–Crippen MR) is 215 cm³/mol. The first-order valence-electron chi connectivity index (χ1n) is 17.4. The molecule has 242 valence electrons. The third kappa shape index (κ3) is 5.59. The number of fused-ring (bicyclic) bond motifs is 4. The second-order valence-electron chi connectivity index (χ2n) is 13.0. The van der Waals surface area contributed by atoms with E-state index < -0.39 is 0 Å². The predicted octanol–water partition coefficient (Wildman–Crippen LogP) is 11.8. The molecule has 0 radical (unpaired) electrons. The summed E-state index contributed by atoms with van der Waals surface area (Å²) in [5, 5.41) is 2.54. The van der Waals surface area contributed by atoms with Crippen molar-refractivity contribution in [3.8, 4) is 27.9 Å². The Labute approximate surface area is 298 Å². The van der Waals surface area contributed by atoms with E-state index in [9.17, 15) is 0 Å². The molecule has 1 aliphatic carbocycles. The molecule has 0 aliphatic heterocycles. The SMILES string of the molecule is C=N/C(=C1/Cc2cc(-c3ccc(-n4c5ccccc5c5ccccc54)cc3)ccc2C1=NCc1ccccc1)c1ccc(-c2ccccc2)cc1. The molecule has 0 N–H and O–H groups in total. The van der Waals surface area contributed by atoms with E-state index in [4.69, 9.17) is 4.99 Å². The van der Waals surface area contributed by atoms with Crippen molar-refractivity contribution in [3.63, 3.8) is 0 Å².